The summed E-state index contributed by atoms with van der Waals surface area (Å²) in [6.07, 6.45) is 3.20. The Labute approximate surface area is 150 Å². The molecule has 0 spiro atoms. The van der Waals surface area contributed by atoms with Crippen molar-refractivity contribution in [3.8, 4) is 0 Å². The van der Waals surface area contributed by atoms with E-state index < -0.39 is 10.0 Å². The molecule has 1 aliphatic rings. The molecule has 1 fully saturated rings. The van der Waals surface area contributed by atoms with E-state index >= 15 is 0 Å². The van der Waals surface area contributed by atoms with Crippen LogP contribution in [0.25, 0.3) is 0 Å². The number of thiophene rings is 1. The number of carbonyl (C=O) groups excluding carboxylic acids is 1. The van der Waals surface area contributed by atoms with Crippen LogP contribution in [0.2, 0.25) is 0 Å². The third kappa shape index (κ3) is 3.88. The van der Waals surface area contributed by atoms with Crippen molar-refractivity contribution < 1.29 is 13.2 Å². The van der Waals surface area contributed by atoms with Crippen molar-refractivity contribution in [2.24, 2.45) is 0 Å². The molecule has 0 bridgehead atoms. The first kappa shape index (κ1) is 17.6. The third-order valence-corrected chi connectivity index (χ3v) is 7.65. The largest absolute Gasteiger partial charge is 0.292 e. The smallest absolute Gasteiger partial charge is 0.244 e. The van der Waals surface area contributed by atoms with Gasteiger partial charge in [-0.3, -0.25) is 4.79 Å². The van der Waals surface area contributed by atoms with Gasteiger partial charge in [-0.15, -0.1) is 11.3 Å². The maximum absolute atomic E-state index is 12.4. The summed E-state index contributed by atoms with van der Waals surface area (Å²) in [4.78, 5) is 18.4. The van der Waals surface area contributed by atoms with Crippen LogP contribution in [0.5, 0.6) is 0 Å². The number of aryl methyl sites for hydroxylation is 1. The number of pyridine rings is 1. The minimum absolute atomic E-state index is 0.0636. The molecule has 5 nitrogen and oxygen atoms in total. The summed E-state index contributed by atoms with van der Waals surface area (Å²) in [7, 11) is -3.43. The summed E-state index contributed by atoms with van der Waals surface area (Å²) in [5.74, 6) is 0.360. The first-order valence-electron chi connectivity index (χ1n) is 7.65. The van der Waals surface area contributed by atoms with Gasteiger partial charge < -0.3 is 0 Å². The fraction of sp³-hybridized carbons (Fsp3) is 0.375. The Kier molecular flexibility index (Phi) is 5.39. The Bertz CT molecular complexity index is 823. The molecule has 3 rings (SSSR count). The lowest BCUT2D eigenvalue weighted by atomic mass is 10.3. The van der Waals surface area contributed by atoms with E-state index in [0.29, 0.717) is 23.9 Å². The highest BCUT2D eigenvalue weighted by molar-refractivity contribution is 8.00. The summed E-state index contributed by atoms with van der Waals surface area (Å²) < 4.78 is 26.4. The van der Waals surface area contributed by atoms with Crippen molar-refractivity contribution in [2.75, 3.05) is 18.8 Å². The van der Waals surface area contributed by atoms with Crippen LogP contribution in [0, 0.1) is 6.92 Å². The number of rotatable bonds is 6. The normalized spacial score (nSPS) is 15.7. The zero-order valence-corrected chi connectivity index (χ0v) is 15.7. The van der Waals surface area contributed by atoms with Crippen LogP contribution in [0.15, 0.2) is 40.4 Å². The van der Waals surface area contributed by atoms with Crippen molar-refractivity contribution in [3.05, 3.63) is 40.2 Å². The molecule has 0 radical (unpaired) electrons. The van der Waals surface area contributed by atoms with Crippen LogP contribution >= 0.6 is 23.1 Å². The van der Waals surface area contributed by atoms with Crippen LogP contribution in [0.3, 0.4) is 0 Å². The molecule has 0 unspecified atom stereocenters. The Morgan fingerprint density at radius 3 is 2.58 bits per heavy atom. The van der Waals surface area contributed by atoms with E-state index in [4.69, 9.17) is 0 Å². The van der Waals surface area contributed by atoms with Crippen LogP contribution < -0.4 is 0 Å². The summed E-state index contributed by atoms with van der Waals surface area (Å²) in [5.41, 5.74) is 0. The summed E-state index contributed by atoms with van der Waals surface area (Å²) in [5, 5.41) is 0.650. The van der Waals surface area contributed by atoms with Gasteiger partial charge in [-0.05, 0) is 44.0 Å². The molecule has 8 heteroatoms. The fourth-order valence-corrected chi connectivity index (χ4v) is 5.56. The first-order chi connectivity index (χ1) is 11.5. The molecule has 1 aliphatic heterocycles. The predicted octanol–water partition coefficient (Wildman–Crippen LogP) is 3.21. The Morgan fingerprint density at radius 2 is 2.00 bits per heavy atom. The number of Topliss-reactive ketones (excluding diaryl/α,β-unsaturated/α-hetero) is 1. The SMILES string of the molecule is Cc1ccc(C(=O)CSc2ccc(S(=O)(=O)N3CCCC3)cn2)s1. The first-order valence-corrected chi connectivity index (χ1v) is 10.9. The van der Waals surface area contributed by atoms with Gasteiger partial charge in [0.1, 0.15) is 4.90 Å². The van der Waals surface area contributed by atoms with Crippen molar-refractivity contribution in [3.63, 3.8) is 0 Å². The van der Waals surface area contributed by atoms with Gasteiger partial charge in [-0.1, -0.05) is 11.8 Å². The van der Waals surface area contributed by atoms with Gasteiger partial charge in [-0.2, -0.15) is 4.31 Å². The Balaban J connectivity index is 1.63. The molecular weight excluding hydrogens is 364 g/mol. The quantitative estimate of drug-likeness (QED) is 0.567. The van der Waals surface area contributed by atoms with Crippen LogP contribution in [0.4, 0.5) is 0 Å². The third-order valence-electron chi connectivity index (χ3n) is 3.78. The molecule has 128 valence electrons. The lowest BCUT2D eigenvalue weighted by molar-refractivity contribution is 0.102. The topological polar surface area (TPSA) is 67.3 Å². The van der Waals surface area contributed by atoms with Crippen molar-refractivity contribution >= 4 is 38.9 Å². The van der Waals surface area contributed by atoms with E-state index in [9.17, 15) is 13.2 Å². The molecule has 2 aromatic heterocycles. The summed E-state index contributed by atoms with van der Waals surface area (Å²) in [6.45, 7) is 3.12. The van der Waals surface area contributed by atoms with Crippen LogP contribution in [-0.2, 0) is 10.0 Å². The van der Waals surface area contributed by atoms with Crippen molar-refractivity contribution in [1.29, 1.82) is 0 Å². The van der Waals surface area contributed by atoms with Gasteiger partial charge in [0, 0.05) is 24.2 Å². The Hall–Kier alpha value is -1.22. The maximum Gasteiger partial charge on any atom is 0.244 e. The van der Waals surface area contributed by atoms with E-state index in [0.717, 1.165) is 22.6 Å². The standard InChI is InChI=1S/C16H18N2O3S3/c1-12-4-6-15(23-12)14(19)11-22-16-7-5-13(10-17-16)24(20,21)18-8-2-3-9-18/h4-7,10H,2-3,8-9,11H2,1H3. The average molecular weight is 383 g/mol. The van der Waals surface area contributed by atoms with Gasteiger partial charge in [-0.25, -0.2) is 13.4 Å². The minimum Gasteiger partial charge on any atom is -0.292 e. The fourth-order valence-electron chi connectivity index (χ4n) is 2.48. The molecule has 2 aromatic rings. The van der Waals surface area contributed by atoms with Crippen LogP contribution in [-0.4, -0.2) is 42.3 Å². The molecule has 3 heterocycles. The highest BCUT2D eigenvalue weighted by Gasteiger charge is 2.27. The second kappa shape index (κ2) is 7.35. The number of carbonyl (C=O) groups is 1. The van der Waals surface area contributed by atoms with E-state index in [2.05, 4.69) is 4.98 Å². The molecule has 0 aromatic carbocycles. The Morgan fingerprint density at radius 1 is 1.25 bits per heavy atom. The second-order valence-corrected chi connectivity index (χ2v) is 9.79. The van der Waals surface area contributed by atoms with Crippen molar-refractivity contribution in [1.82, 2.24) is 9.29 Å². The number of sulfonamides is 1. The van der Waals surface area contributed by atoms with E-state index in [-0.39, 0.29) is 10.7 Å². The van der Waals surface area contributed by atoms with Gasteiger partial charge in [0.15, 0.2) is 5.78 Å². The zero-order chi connectivity index (χ0) is 17.2. The zero-order valence-electron chi connectivity index (χ0n) is 13.3. The molecule has 24 heavy (non-hydrogen) atoms. The lowest BCUT2D eigenvalue weighted by Gasteiger charge is -2.15. The maximum atomic E-state index is 12.4. The van der Waals surface area contributed by atoms with Gasteiger partial charge in [0.05, 0.1) is 15.7 Å². The second-order valence-electron chi connectivity index (χ2n) is 5.57. The monoisotopic (exact) mass is 382 g/mol. The molecule has 0 saturated carbocycles. The molecular formula is C16H18N2O3S3. The highest BCUT2D eigenvalue weighted by Crippen LogP contribution is 2.24. The van der Waals surface area contributed by atoms with Gasteiger partial charge in [0.25, 0.3) is 0 Å². The predicted molar refractivity (Wildman–Crippen MR) is 96.3 cm³/mol. The number of nitrogens with zero attached hydrogens (tertiary/aromatic N) is 2. The van der Waals surface area contributed by atoms with Gasteiger partial charge in [0.2, 0.25) is 10.0 Å². The van der Waals surface area contributed by atoms with E-state index in [1.807, 2.05) is 19.1 Å². The molecule has 0 atom stereocenters. The van der Waals surface area contributed by atoms with Crippen molar-refractivity contribution in [2.45, 2.75) is 29.7 Å². The van der Waals surface area contributed by atoms with E-state index in [1.165, 1.54) is 33.6 Å². The number of aromatic nitrogens is 1. The van der Waals surface area contributed by atoms with E-state index in [1.54, 1.807) is 12.1 Å². The lowest BCUT2D eigenvalue weighted by Crippen LogP contribution is -2.27. The summed E-state index contributed by atoms with van der Waals surface area (Å²) in [6, 6.07) is 7.00. The van der Waals surface area contributed by atoms with Gasteiger partial charge >= 0.3 is 0 Å². The number of thioether (sulfide) groups is 1. The average Bonchev–Trinajstić information content (AvgIpc) is 3.25. The minimum atomic E-state index is -3.43. The molecule has 0 N–H and O–H groups in total. The van der Waals surface area contributed by atoms with Crippen LogP contribution in [0.1, 0.15) is 27.4 Å². The number of hydrogen-bond donors (Lipinski definition) is 0. The highest BCUT2D eigenvalue weighted by atomic mass is 32.2. The number of hydrogen-bond acceptors (Lipinski definition) is 6. The molecule has 1 saturated heterocycles. The number of ketones is 1. The molecule has 0 amide bonds. The summed E-state index contributed by atoms with van der Waals surface area (Å²) >= 11 is 2.80. The molecule has 0 aliphatic carbocycles.